The first-order valence-corrected chi connectivity index (χ1v) is 4.34. The van der Waals surface area contributed by atoms with Crippen LogP contribution in [0.3, 0.4) is 0 Å². The third-order valence-corrected chi connectivity index (χ3v) is 3.54. The summed E-state index contributed by atoms with van der Waals surface area (Å²) in [7, 11) is 0. The summed E-state index contributed by atoms with van der Waals surface area (Å²) in [6.45, 7) is 1.15. The first kappa shape index (κ1) is 7.21. The smallest absolute Gasteiger partial charge is 0.250 e. The van der Waals surface area contributed by atoms with E-state index < -0.39 is 5.92 Å². The van der Waals surface area contributed by atoms with Gasteiger partial charge in [0.15, 0.2) is 0 Å². The van der Waals surface area contributed by atoms with Crippen molar-refractivity contribution in [3.05, 3.63) is 0 Å². The van der Waals surface area contributed by atoms with Crippen molar-refractivity contribution in [3.63, 3.8) is 0 Å². The van der Waals surface area contributed by atoms with Gasteiger partial charge >= 0.3 is 0 Å². The normalized spacial score (nSPS) is 54.5. The van der Waals surface area contributed by atoms with Crippen LogP contribution in [0.2, 0.25) is 0 Å². The van der Waals surface area contributed by atoms with Gasteiger partial charge in [-0.3, -0.25) is 0 Å². The molecule has 2 saturated heterocycles. The Morgan fingerprint density at radius 3 is 2.83 bits per heavy atom. The number of alkyl halides is 2. The number of rotatable bonds is 0. The van der Waals surface area contributed by atoms with E-state index in [0.29, 0.717) is 13.2 Å². The van der Waals surface area contributed by atoms with E-state index in [2.05, 4.69) is 5.32 Å². The van der Waals surface area contributed by atoms with Gasteiger partial charge in [-0.25, -0.2) is 8.78 Å². The summed E-state index contributed by atoms with van der Waals surface area (Å²) in [6.07, 6.45) is 0.0369. The maximum atomic E-state index is 13.0. The number of ether oxygens (including phenoxy) is 1. The van der Waals surface area contributed by atoms with Gasteiger partial charge in [0.2, 0.25) is 5.92 Å². The Morgan fingerprint density at radius 1 is 1.33 bits per heavy atom. The summed E-state index contributed by atoms with van der Waals surface area (Å²) in [5, 5.41) is 3.15. The number of hydrogen-bond donors (Lipinski definition) is 1. The summed E-state index contributed by atoms with van der Waals surface area (Å²) in [6, 6.07) is 0.218. The maximum Gasteiger partial charge on any atom is 0.250 e. The summed E-state index contributed by atoms with van der Waals surface area (Å²) >= 11 is 0. The Hall–Kier alpha value is -0.220. The molecule has 68 valence electrons. The predicted molar refractivity (Wildman–Crippen MR) is 38.1 cm³/mol. The second kappa shape index (κ2) is 1.82. The molecule has 12 heavy (non-hydrogen) atoms. The van der Waals surface area contributed by atoms with Gasteiger partial charge in [-0.2, -0.15) is 0 Å². The lowest BCUT2D eigenvalue weighted by atomic mass is 9.71. The van der Waals surface area contributed by atoms with Crippen molar-refractivity contribution in [1.82, 2.24) is 5.32 Å². The first-order valence-electron chi connectivity index (χ1n) is 4.34. The van der Waals surface area contributed by atoms with E-state index >= 15 is 0 Å². The fraction of sp³-hybridized carbons (Fsp3) is 1.00. The average Bonchev–Trinajstić information content (AvgIpc) is 2.35. The van der Waals surface area contributed by atoms with Crippen molar-refractivity contribution in [1.29, 1.82) is 0 Å². The maximum absolute atomic E-state index is 13.0. The molecule has 4 heteroatoms. The van der Waals surface area contributed by atoms with Gasteiger partial charge in [-0.15, -0.1) is 0 Å². The molecule has 3 fully saturated rings. The molecular weight excluding hydrogens is 164 g/mol. The van der Waals surface area contributed by atoms with Gasteiger partial charge < -0.3 is 10.1 Å². The molecule has 1 saturated carbocycles. The summed E-state index contributed by atoms with van der Waals surface area (Å²) in [5.74, 6) is -2.46. The SMILES string of the molecule is FC1(F)CC2NC3COCC32C1. The zero-order chi connectivity index (χ0) is 8.40. The van der Waals surface area contributed by atoms with Crippen LogP contribution in [0.5, 0.6) is 0 Å². The second-order valence-electron chi connectivity index (χ2n) is 4.26. The van der Waals surface area contributed by atoms with Crippen LogP contribution in [0.1, 0.15) is 12.8 Å². The molecule has 0 aromatic carbocycles. The van der Waals surface area contributed by atoms with Crippen LogP contribution in [-0.2, 0) is 4.74 Å². The molecule has 0 radical (unpaired) electrons. The van der Waals surface area contributed by atoms with E-state index in [9.17, 15) is 8.78 Å². The summed E-state index contributed by atoms with van der Waals surface area (Å²) in [4.78, 5) is 0. The Morgan fingerprint density at radius 2 is 2.17 bits per heavy atom. The van der Waals surface area contributed by atoms with Crippen molar-refractivity contribution in [2.45, 2.75) is 30.8 Å². The van der Waals surface area contributed by atoms with Crippen LogP contribution >= 0.6 is 0 Å². The zero-order valence-electron chi connectivity index (χ0n) is 6.65. The Kier molecular flexibility index (Phi) is 1.10. The minimum Gasteiger partial charge on any atom is -0.379 e. The van der Waals surface area contributed by atoms with Crippen molar-refractivity contribution in [2.24, 2.45) is 5.41 Å². The zero-order valence-corrected chi connectivity index (χ0v) is 6.65. The lowest BCUT2D eigenvalue weighted by molar-refractivity contribution is -0.00791. The molecule has 2 nitrogen and oxygen atoms in total. The van der Waals surface area contributed by atoms with Gasteiger partial charge in [0.05, 0.1) is 13.2 Å². The molecule has 1 aliphatic carbocycles. The topological polar surface area (TPSA) is 21.3 Å². The van der Waals surface area contributed by atoms with Gasteiger partial charge in [-0.1, -0.05) is 0 Å². The third kappa shape index (κ3) is 0.661. The lowest BCUT2D eigenvalue weighted by Crippen LogP contribution is -2.66. The Balaban J connectivity index is 1.92. The van der Waals surface area contributed by atoms with Crippen LogP contribution < -0.4 is 5.32 Å². The van der Waals surface area contributed by atoms with Crippen LogP contribution in [0, 0.1) is 5.41 Å². The van der Waals surface area contributed by atoms with E-state index in [1.54, 1.807) is 0 Å². The highest BCUT2D eigenvalue weighted by atomic mass is 19.3. The lowest BCUT2D eigenvalue weighted by Gasteiger charge is -2.47. The van der Waals surface area contributed by atoms with E-state index in [0.717, 1.165) is 0 Å². The average molecular weight is 175 g/mol. The molecule has 2 heterocycles. The largest absolute Gasteiger partial charge is 0.379 e. The Labute approximate surface area is 69.3 Å². The fourth-order valence-electron chi connectivity index (χ4n) is 2.92. The highest BCUT2D eigenvalue weighted by molar-refractivity contribution is 5.19. The molecule has 0 aromatic heterocycles. The van der Waals surface area contributed by atoms with Crippen LogP contribution in [0.15, 0.2) is 0 Å². The van der Waals surface area contributed by atoms with Crippen molar-refractivity contribution in [2.75, 3.05) is 13.2 Å². The molecule has 2 aliphatic heterocycles. The molecule has 3 rings (SSSR count). The molecule has 0 aromatic rings. The highest BCUT2D eigenvalue weighted by Gasteiger charge is 2.67. The van der Waals surface area contributed by atoms with Crippen molar-refractivity contribution in [3.8, 4) is 0 Å². The first-order chi connectivity index (χ1) is 5.62. The molecular formula is C8H11F2NO. The van der Waals surface area contributed by atoms with Crippen molar-refractivity contribution >= 4 is 0 Å². The standard InChI is InChI=1S/C8H11F2NO/c9-8(10)1-5-7(3-8)4-12-2-6(7)11-5/h5-6,11H,1-4H2. The molecule has 3 aliphatic rings. The monoisotopic (exact) mass is 175 g/mol. The second-order valence-corrected chi connectivity index (χ2v) is 4.26. The van der Waals surface area contributed by atoms with Crippen LogP contribution in [-0.4, -0.2) is 31.2 Å². The number of nitrogens with one attached hydrogen (secondary N) is 1. The Bertz CT molecular complexity index is 233. The van der Waals surface area contributed by atoms with Gasteiger partial charge in [0.25, 0.3) is 0 Å². The van der Waals surface area contributed by atoms with Crippen LogP contribution in [0.25, 0.3) is 0 Å². The molecule has 1 spiro atoms. The van der Waals surface area contributed by atoms with E-state index in [1.807, 2.05) is 0 Å². The molecule has 0 bridgehead atoms. The minimum atomic E-state index is -2.46. The molecule has 1 N–H and O–H groups in total. The predicted octanol–water partition coefficient (Wildman–Crippen LogP) is 0.772. The minimum absolute atomic E-state index is 0.00681. The van der Waals surface area contributed by atoms with Crippen molar-refractivity contribution < 1.29 is 13.5 Å². The van der Waals surface area contributed by atoms with E-state index in [1.165, 1.54) is 0 Å². The number of hydrogen-bond acceptors (Lipinski definition) is 2. The molecule has 3 unspecified atom stereocenters. The molecule has 0 amide bonds. The molecule has 3 atom stereocenters. The van der Waals surface area contributed by atoms with Crippen LogP contribution in [0.4, 0.5) is 8.78 Å². The van der Waals surface area contributed by atoms with E-state index in [-0.39, 0.29) is 30.3 Å². The third-order valence-electron chi connectivity index (χ3n) is 3.54. The summed E-state index contributed by atoms with van der Waals surface area (Å²) < 4.78 is 31.3. The highest BCUT2D eigenvalue weighted by Crippen LogP contribution is 2.56. The van der Waals surface area contributed by atoms with Gasteiger partial charge in [0, 0.05) is 30.3 Å². The quantitative estimate of drug-likeness (QED) is 0.587. The van der Waals surface area contributed by atoms with Gasteiger partial charge in [0.1, 0.15) is 0 Å². The van der Waals surface area contributed by atoms with Gasteiger partial charge in [-0.05, 0) is 0 Å². The fourth-order valence-corrected chi connectivity index (χ4v) is 2.92. The summed E-state index contributed by atoms with van der Waals surface area (Å²) in [5.41, 5.74) is -0.205. The van der Waals surface area contributed by atoms with E-state index in [4.69, 9.17) is 4.74 Å². The number of halogens is 2.